The Morgan fingerprint density at radius 2 is 2.19 bits per heavy atom. The minimum atomic E-state index is -3.13. The number of halogens is 1. The van der Waals surface area contributed by atoms with Crippen LogP contribution in [0.2, 0.25) is 5.02 Å². The molecule has 1 amide bonds. The number of aliphatic hydroxyl groups is 1. The zero-order chi connectivity index (χ0) is 15.6. The van der Waals surface area contributed by atoms with Crippen molar-refractivity contribution >= 4 is 33.0 Å². The van der Waals surface area contributed by atoms with E-state index in [-0.39, 0.29) is 35.2 Å². The standard InChI is InChI=1S/C13H17ClN2O4S/c14-12-2-1-9(15)7-11(12)13(18)16(4-5-17)10-3-6-21(19,20)8-10/h1-2,7,10,17H,3-6,8,15H2. The molecule has 1 heterocycles. The number of anilines is 1. The van der Waals surface area contributed by atoms with E-state index in [1.165, 1.54) is 17.0 Å². The molecule has 1 aromatic carbocycles. The maximum absolute atomic E-state index is 12.6. The maximum Gasteiger partial charge on any atom is 0.255 e. The van der Waals surface area contributed by atoms with Gasteiger partial charge in [-0.15, -0.1) is 0 Å². The molecule has 1 unspecified atom stereocenters. The van der Waals surface area contributed by atoms with Crippen LogP contribution in [0.5, 0.6) is 0 Å². The molecular weight excluding hydrogens is 316 g/mol. The van der Waals surface area contributed by atoms with Crippen molar-refractivity contribution in [3.05, 3.63) is 28.8 Å². The van der Waals surface area contributed by atoms with Crippen LogP contribution < -0.4 is 5.73 Å². The van der Waals surface area contributed by atoms with Crippen LogP contribution in [-0.4, -0.2) is 55.0 Å². The highest BCUT2D eigenvalue weighted by Crippen LogP contribution is 2.24. The third kappa shape index (κ3) is 3.66. The van der Waals surface area contributed by atoms with E-state index < -0.39 is 21.8 Å². The molecule has 0 aliphatic carbocycles. The van der Waals surface area contributed by atoms with Gasteiger partial charge < -0.3 is 15.7 Å². The Hall–Kier alpha value is -1.31. The van der Waals surface area contributed by atoms with E-state index in [1.807, 2.05) is 0 Å². The molecule has 6 nitrogen and oxygen atoms in total. The van der Waals surface area contributed by atoms with Gasteiger partial charge in [0.25, 0.3) is 5.91 Å². The van der Waals surface area contributed by atoms with Crippen molar-refractivity contribution in [1.29, 1.82) is 0 Å². The number of amides is 1. The number of carbonyl (C=O) groups is 1. The Balaban J connectivity index is 2.30. The van der Waals surface area contributed by atoms with Crippen LogP contribution in [-0.2, 0) is 9.84 Å². The average molecular weight is 333 g/mol. The topological polar surface area (TPSA) is 101 Å². The number of rotatable bonds is 4. The van der Waals surface area contributed by atoms with E-state index in [9.17, 15) is 13.2 Å². The summed E-state index contributed by atoms with van der Waals surface area (Å²) in [7, 11) is -3.13. The molecule has 0 radical (unpaired) electrons. The molecule has 0 bridgehead atoms. The molecule has 1 aliphatic heterocycles. The summed E-state index contributed by atoms with van der Waals surface area (Å²) in [5, 5.41) is 9.39. The first kappa shape index (κ1) is 16.1. The number of benzene rings is 1. The fourth-order valence-corrected chi connectivity index (χ4v) is 4.37. The first-order valence-corrected chi connectivity index (χ1v) is 8.71. The van der Waals surface area contributed by atoms with Crippen molar-refractivity contribution in [1.82, 2.24) is 4.90 Å². The van der Waals surface area contributed by atoms with E-state index in [1.54, 1.807) is 6.07 Å². The lowest BCUT2D eigenvalue weighted by Gasteiger charge is -2.28. The number of hydrogen-bond donors (Lipinski definition) is 2. The number of nitrogens with zero attached hydrogens (tertiary/aromatic N) is 1. The molecule has 0 saturated carbocycles. The minimum Gasteiger partial charge on any atom is -0.399 e. The SMILES string of the molecule is Nc1ccc(Cl)c(C(=O)N(CCO)C2CCS(=O)(=O)C2)c1. The van der Waals surface area contributed by atoms with Crippen LogP contribution in [0.3, 0.4) is 0 Å². The third-order valence-electron chi connectivity index (χ3n) is 3.47. The number of nitrogen functional groups attached to an aromatic ring is 1. The van der Waals surface area contributed by atoms with Crippen molar-refractivity contribution in [2.75, 3.05) is 30.4 Å². The predicted molar refractivity (Wildman–Crippen MR) is 81.0 cm³/mol. The molecule has 1 aromatic rings. The molecule has 0 spiro atoms. The van der Waals surface area contributed by atoms with Crippen molar-refractivity contribution in [3.63, 3.8) is 0 Å². The van der Waals surface area contributed by atoms with Crippen LogP contribution in [0.4, 0.5) is 5.69 Å². The maximum atomic E-state index is 12.6. The molecule has 116 valence electrons. The highest BCUT2D eigenvalue weighted by atomic mass is 35.5. The number of aliphatic hydroxyl groups excluding tert-OH is 1. The number of nitrogens with two attached hydrogens (primary N) is 1. The largest absolute Gasteiger partial charge is 0.399 e. The van der Waals surface area contributed by atoms with Gasteiger partial charge in [-0.3, -0.25) is 4.79 Å². The minimum absolute atomic E-state index is 0.0531. The van der Waals surface area contributed by atoms with E-state index in [2.05, 4.69) is 0 Å². The van der Waals surface area contributed by atoms with E-state index >= 15 is 0 Å². The summed E-state index contributed by atoms with van der Waals surface area (Å²) in [5.74, 6) is -0.445. The van der Waals surface area contributed by atoms with E-state index in [0.29, 0.717) is 12.1 Å². The second kappa shape index (κ2) is 6.21. The molecule has 1 fully saturated rings. The van der Waals surface area contributed by atoms with Crippen molar-refractivity contribution in [2.45, 2.75) is 12.5 Å². The normalized spacial score (nSPS) is 20.4. The first-order valence-electron chi connectivity index (χ1n) is 6.51. The van der Waals surface area contributed by atoms with Gasteiger partial charge in [-0.25, -0.2) is 8.42 Å². The van der Waals surface area contributed by atoms with Crippen molar-refractivity contribution in [3.8, 4) is 0 Å². The van der Waals surface area contributed by atoms with Crippen LogP contribution in [0.25, 0.3) is 0 Å². The summed E-state index contributed by atoms with van der Waals surface area (Å²) in [6, 6.07) is 4.12. The molecule has 3 N–H and O–H groups in total. The number of sulfone groups is 1. The first-order chi connectivity index (χ1) is 9.84. The average Bonchev–Trinajstić information content (AvgIpc) is 2.78. The van der Waals surface area contributed by atoms with Crippen LogP contribution in [0.15, 0.2) is 18.2 Å². The van der Waals surface area contributed by atoms with Gasteiger partial charge in [-0.2, -0.15) is 0 Å². The predicted octanol–water partition coefficient (Wildman–Crippen LogP) is 0.544. The second-order valence-corrected chi connectivity index (χ2v) is 7.65. The molecule has 1 atom stereocenters. The quantitative estimate of drug-likeness (QED) is 0.784. The molecule has 0 aromatic heterocycles. The molecule has 8 heteroatoms. The van der Waals surface area contributed by atoms with Gasteiger partial charge in [0.05, 0.1) is 28.7 Å². The summed E-state index contributed by atoms with van der Waals surface area (Å²) in [5.41, 5.74) is 6.27. The lowest BCUT2D eigenvalue weighted by molar-refractivity contribution is 0.0655. The Morgan fingerprint density at radius 1 is 1.48 bits per heavy atom. The zero-order valence-electron chi connectivity index (χ0n) is 11.3. The Kier molecular flexibility index (Phi) is 4.75. The summed E-state index contributed by atoms with van der Waals surface area (Å²) < 4.78 is 23.2. The summed E-state index contributed by atoms with van der Waals surface area (Å²) in [4.78, 5) is 14.0. The molecule has 21 heavy (non-hydrogen) atoms. The lowest BCUT2D eigenvalue weighted by atomic mass is 10.1. The number of carbonyl (C=O) groups excluding carboxylic acids is 1. The highest BCUT2D eigenvalue weighted by Gasteiger charge is 2.35. The van der Waals surface area contributed by atoms with Crippen LogP contribution in [0.1, 0.15) is 16.8 Å². The van der Waals surface area contributed by atoms with Gasteiger partial charge >= 0.3 is 0 Å². The van der Waals surface area contributed by atoms with Gasteiger partial charge in [0, 0.05) is 18.3 Å². The fourth-order valence-electron chi connectivity index (χ4n) is 2.44. The molecule has 1 aliphatic rings. The Labute approximate surface area is 128 Å². The van der Waals surface area contributed by atoms with Gasteiger partial charge in [-0.1, -0.05) is 11.6 Å². The number of hydrogen-bond acceptors (Lipinski definition) is 5. The van der Waals surface area contributed by atoms with Gasteiger partial charge in [0.15, 0.2) is 9.84 Å². The Morgan fingerprint density at radius 3 is 2.76 bits per heavy atom. The monoisotopic (exact) mass is 332 g/mol. The molecule has 1 saturated heterocycles. The summed E-state index contributed by atoms with van der Waals surface area (Å²) in [6.07, 6.45) is 0.369. The summed E-state index contributed by atoms with van der Waals surface area (Å²) >= 11 is 6.01. The third-order valence-corrected chi connectivity index (χ3v) is 5.55. The fraction of sp³-hybridized carbons (Fsp3) is 0.462. The summed E-state index contributed by atoms with van der Waals surface area (Å²) in [6.45, 7) is -0.188. The van der Waals surface area contributed by atoms with Gasteiger partial charge in [-0.05, 0) is 24.6 Å². The molecule has 2 rings (SSSR count). The van der Waals surface area contributed by atoms with Gasteiger partial charge in [0.1, 0.15) is 0 Å². The smallest absolute Gasteiger partial charge is 0.255 e. The zero-order valence-corrected chi connectivity index (χ0v) is 12.9. The molecular formula is C13H17ClN2O4S. The van der Waals surface area contributed by atoms with Crippen molar-refractivity contribution in [2.24, 2.45) is 0 Å². The second-order valence-electron chi connectivity index (χ2n) is 5.02. The van der Waals surface area contributed by atoms with Gasteiger partial charge in [0.2, 0.25) is 0 Å². The van der Waals surface area contributed by atoms with E-state index in [4.69, 9.17) is 22.4 Å². The Bertz CT molecular complexity index is 648. The van der Waals surface area contributed by atoms with Crippen LogP contribution in [0, 0.1) is 0 Å². The van der Waals surface area contributed by atoms with Crippen molar-refractivity contribution < 1.29 is 18.3 Å². The van der Waals surface area contributed by atoms with Crippen LogP contribution >= 0.6 is 11.6 Å². The highest BCUT2D eigenvalue weighted by molar-refractivity contribution is 7.91. The van der Waals surface area contributed by atoms with E-state index in [0.717, 1.165) is 0 Å². The lowest BCUT2D eigenvalue weighted by Crippen LogP contribution is -2.43.